The van der Waals surface area contributed by atoms with E-state index in [4.69, 9.17) is 0 Å². The Bertz CT molecular complexity index is 59.9. The summed E-state index contributed by atoms with van der Waals surface area (Å²) in [5, 5.41) is 0. The van der Waals surface area contributed by atoms with E-state index in [1.54, 1.807) is 0 Å². The SMILES string of the molecule is CC.CCCOC(C)=O. The van der Waals surface area contributed by atoms with Crippen molar-refractivity contribution in [2.24, 2.45) is 0 Å². The van der Waals surface area contributed by atoms with Crippen molar-refractivity contribution in [3.05, 3.63) is 0 Å². The average Bonchev–Trinajstić information content (AvgIpc) is 1.88. The van der Waals surface area contributed by atoms with Crippen molar-refractivity contribution in [3.8, 4) is 0 Å². The first kappa shape index (κ1) is 11.3. The van der Waals surface area contributed by atoms with Gasteiger partial charge in [-0.05, 0) is 6.42 Å². The highest BCUT2D eigenvalue weighted by atomic mass is 16.5. The minimum absolute atomic E-state index is 0.193. The molecular formula is C7H16O2. The average molecular weight is 132 g/mol. The lowest BCUT2D eigenvalue weighted by atomic mass is 10.5. The molecular weight excluding hydrogens is 116 g/mol. The topological polar surface area (TPSA) is 26.3 Å². The van der Waals surface area contributed by atoms with E-state index >= 15 is 0 Å². The number of hydrogen-bond donors (Lipinski definition) is 0. The van der Waals surface area contributed by atoms with Gasteiger partial charge < -0.3 is 4.74 Å². The van der Waals surface area contributed by atoms with Gasteiger partial charge in [0, 0.05) is 6.92 Å². The second kappa shape index (κ2) is 10.5. The molecule has 0 aliphatic rings. The molecule has 0 aromatic rings. The van der Waals surface area contributed by atoms with Gasteiger partial charge in [-0.15, -0.1) is 0 Å². The quantitative estimate of drug-likeness (QED) is 0.537. The van der Waals surface area contributed by atoms with Crippen LogP contribution in [-0.4, -0.2) is 12.6 Å². The maximum atomic E-state index is 9.98. The van der Waals surface area contributed by atoms with E-state index < -0.39 is 0 Å². The highest BCUT2D eigenvalue weighted by molar-refractivity contribution is 5.65. The second-order valence-electron chi connectivity index (χ2n) is 1.34. The molecule has 0 aliphatic carbocycles. The molecule has 56 valence electrons. The van der Waals surface area contributed by atoms with Crippen LogP contribution < -0.4 is 0 Å². The smallest absolute Gasteiger partial charge is 0.302 e. The van der Waals surface area contributed by atoms with E-state index in [-0.39, 0.29) is 5.97 Å². The van der Waals surface area contributed by atoms with Crippen molar-refractivity contribution in [2.45, 2.75) is 34.1 Å². The minimum Gasteiger partial charge on any atom is -0.466 e. The van der Waals surface area contributed by atoms with Crippen LogP contribution in [0.3, 0.4) is 0 Å². The molecule has 0 rings (SSSR count). The fourth-order valence-electron chi connectivity index (χ4n) is 0.246. The van der Waals surface area contributed by atoms with Crippen LogP contribution in [-0.2, 0) is 9.53 Å². The van der Waals surface area contributed by atoms with Crippen LogP contribution in [0.15, 0.2) is 0 Å². The molecule has 0 aromatic heterocycles. The molecule has 0 aromatic carbocycles. The van der Waals surface area contributed by atoms with Gasteiger partial charge in [0.1, 0.15) is 0 Å². The molecule has 0 fully saturated rings. The molecule has 0 atom stereocenters. The Morgan fingerprint density at radius 3 is 2.00 bits per heavy atom. The van der Waals surface area contributed by atoms with Crippen LogP contribution in [0.5, 0.6) is 0 Å². The Labute approximate surface area is 57.2 Å². The first-order valence-corrected chi connectivity index (χ1v) is 3.40. The lowest BCUT2D eigenvalue weighted by Crippen LogP contribution is -1.98. The van der Waals surface area contributed by atoms with Gasteiger partial charge in [0.05, 0.1) is 6.61 Å². The first-order chi connectivity index (χ1) is 4.27. The molecule has 0 heterocycles. The Morgan fingerprint density at radius 1 is 1.44 bits per heavy atom. The van der Waals surface area contributed by atoms with Gasteiger partial charge in [-0.2, -0.15) is 0 Å². The molecule has 0 saturated carbocycles. The number of hydrogen-bond acceptors (Lipinski definition) is 2. The van der Waals surface area contributed by atoms with Gasteiger partial charge in [-0.1, -0.05) is 20.8 Å². The molecule has 0 unspecified atom stereocenters. The predicted molar refractivity (Wildman–Crippen MR) is 38.3 cm³/mol. The van der Waals surface area contributed by atoms with Gasteiger partial charge in [0.25, 0.3) is 0 Å². The molecule has 0 amide bonds. The minimum atomic E-state index is -0.193. The largest absolute Gasteiger partial charge is 0.466 e. The van der Waals surface area contributed by atoms with Gasteiger partial charge in [0.2, 0.25) is 0 Å². The summed E-state index contributed by atoms with van der Waals surface area (Å²) in [7, 11) is 0. The number of esters is 1. The van der Waals surface area contributed by atoms with Gasteiger partial charge in [-0.3, -0.25) is 4.79 Å². The van der Waals surface area contributed by atoms with Crippen molar-refractivity contribution in [1.29, 1.82) is 0 Å². The lowest BCUT2D eigenvalue weighted by Gasteiger charge is -1.93. The summed E-state index contributed by atoms with van der Waals surface area (Å²) < 4.78 is 4.55. The molecule has 0 bridgehead atoms. The van der Waals surface area contributed by atoms with Crippen LogP contribution >= 0.6 is 0 Å². The van der Waals surface area contributed by atoms with E-state index in [0.717, 1.165) is 6.42 Å². The number of ether oxygens (including phenoxy) is 1. The van der Waals surface area contributed by atoms with E-state index in [2.05, 4.69) is 4.74 Å². The summed E-state index contributed by atoms with van der Waals surface area (Å²) in [6, 6.07) is 0. The van der Waals surface area contributed by atoms with Crippen molar-refractivity contribution in [3.63, 3.8) is 0 Å². The summed E-state index contributed by atoms with van der Waals surface area (Å²) in [6.45, 7) is 7.92. The lowest BCUT2D eigenvalue weighted by molar-refractivity contribution is -0.140. The molecule has 2 nitrogen and oxygen atoms in total. The zero-order valence-electron chi connectivity index (χ0n) is 6.73. The van der Waals surface area contributed by atoms with Crippen LogP contribution in [0, 0.1) is 0 Å². The van der Waals surface area contributed by atoms with Gasteiger partial charge in [0.15, 0.2) is 0 Å². The fraction of sp³-hybridized carbons (Fsp3) is 0.857. The Hall–Kier alpha value is -0.530. The maximum absolute atomic E-state index is 9.98. The monoisotopic (exact) mass is 132 g/mol. The molecule has 0 spiro atoms. The summed E-state index contributed by atoms with van der Waals surface area (Å²) >= 11 is 0. The molecule has 0 radical (unpaired) electrons. The van der Waals surface area contributed by atoms with E-state index in [1.807, 2.05) is 20.8 Å². The van der Waals surface area contributed by atoms with Crippen molar-refractivity contribution < 1.29 is 9.53 Å². The van der Waals surface area contributed by atoms with Crippen LogP contribution in [0.4, 0.5) is 0 Å². The zero-order valence-corrected chi connectivity index (χ0v) is 6.73. The third kappa shape index (κ3) is 18.6. The summed E-state index contributed by atoms with van der Waals surface area (Å²) in [6.07, 6.45) is 0.902. The van der Waals surface area contributed by atoms with Gasteiger partial charge in [-0.25, -0.2) is 0 Å². The molecule has 0 saturated heterocycles. The van der Waals surface area contributed by atoms with E-state index in [9.17, 15) is 4.79 Å². The molecule has 0 N–H and O–H groups in total. The van der Waals surface area contributed by atoms with Crippen LogP contribution in [0.1, 0.15) is 34.1 Å². The summed E-state index contributed by atoms with van der Waals surface area (Å²) in [5.41, 5.74) is 0. The van der Waals surface area contributed by atoms with Crippen LogP contribution in [0.25, 0.3) is 0 Å². The standard InChI is InChI=1S/C5H10O2.C2H6/c1-3-4-7-5(2)6;1-2/h3-4H2,1-2H3;1-2H3. The predicted octanol–water partition coefficient (Wildman–Crippen LogP) is 1.99. The third-order valence-corrected chi connectivity index (χ3v) is 0.509. The third-order valence-electron chi connectivity index (χ3n) is 0.509. The first-order valence-electron chi connectivity index (χ1n) is 3.40. The van der Waals surface area contributed by atoms with Gasteiger partial charge >= 0.3 is 5.97 Å². The Kier molecular flexibility index (Phi) is 13.1. The summed E-state index contributed by atoms with van der Waals surface area (Å²) in [5.74, 6) is -0.193. The highest BCUT2D eigenvalue weighted by Crippen LogP contribution is 1.78. The summed E-state index contributed by atoms with van der Waals surface area (Å²) in [4.78, 5) is 9.98. The van der Waals surface area contributed by atoms with Crippen molar-refractivity contribution in [2.75, 3.05) is 6.61 Å². The number of carbonyl (C=O) groups excluding carboxylic acids is 1. The number of rotatable bonds is 2. The molecule has 9 heavy (non-hydrogen) atoms. The molecule has 0 aliphatic heterocycles. The zero-order chi connectivity index (χ0) is 7.70. The normalized spacial score (nSPS) is 7.11. The van der Waals surface area contributed by atoms with Crippen molar-refractivity contribution in [1.82, 2.24) is 0 Å². The maximum Gasteiger partial charge on any atom is 0.302 e. The second-order valence-corrected chi connectivity index (χ2v) is 1.34. The Morgan fingerprint density at radius 2 is 1.89 bits per heavy atom. The van der Waals surface area contributed by atoms with Crippen molar-refractivity contribution >= 4 is 5.97 Å². The van der Waals surface area contributed by atoms with E-state index in [1.165, 1.54) is 6.92 Å². The number of carbonyl (C=O) groups is 1. The fourth-order valence-corrected chi connectivity index (χ4v) is 0.246. The van der Waals surface area contributed by atoms with Crippen LogP contribution in [0.2, 0.25) is 0 Å². The molecule has 2 heteroatoms. The highest BCUT2D eigenvalue weighted by Gasteiger charge is 1.85. The Balaban J connectivity index is 0. The van der Waals surface area contributed by atoms with E-state index in [0.29, 0.717) is 6.61 Å².